The van der Waals surface area contributed by atoms with Crippen LogP contribution in [0.1, 0.15) is 63.6 Å². The van der Waals surface area contributed by atoms with E-state index in [9.17, 15) is 14.9 Å². The van der Waals surface area contributed by atoms with Crippen molar-refractivity contribution in [2.45, 2.75) is 64.8 Å². The van der Waals surface area contributed by atoms with Crippen molar-refractivity contribution in [3.8, 4) is 6.07 Å². The lowest BCUT2D eigenvalue weighted by molar-refractivity contribution is -0.141. The highest BCUT2D eigenvalue weighted by atomic mass is 16.5. The summed E-state index contributed by atoms with van der Waals surface area (Å²) >= 11 is 0. The molecule has 7 heteroatoms. The fourth-order valence-corrected chi connectivity index (χ4v) is 5.67. The highest BCUT2D eigenvalue weighted by Gasteiger charge is 2.65. The summed E-state index contributed by atoms with van der Waals surface area (Å²) in [6.45, 7) is 11.4. The fourth-order valence-electron chi connectivity index (χ4n) is 5.67. The van der Waals surface area contributed by atoms with E-state index in [0.717, 1.165) is 23.2 Å². The van der Waals surface area contributed by atoms with E-state index in [-0.39, 0.29) is 41.2 Å². The molecule has 2 N–H and O–H groups in total. The average Bonchev–Trinajstić information content (AvgIpc) is 2.92. The van der Waals surface area contributed by atoms with Crippen molar-refractivity contribution in [3.63, 3.8) is 0 Å². The number of fused-ring (bicyclic) bond motifs is 1. The fraction of sp³-hybridized carbons (Fsp3) is 0.458. The molecule has 2 atom stereocenters. The normalized spacial score (nSPS) is 26.0. The van der Waals surface area contributed by atoms with E-state index >= 15 is 0 Å². The number of rotatable bonds is 2. The lowest BCUT2D eigenvalue weighted by atomic mass is 9.66. The molecular weight excluding hydrogens is 394 g/mol. The molecule has 0 fully saturated rings. The van der Waals surface area contributed by atoms with Crippen molar-refractivity contribution in [1.82, 2.24) is 0 Å². The zero-order valence-corrected chi connectivity index (χ0v) is 18.8. The minimum atomic E-state index is -1.69. The van der Waals surface area contributed by atoms with Gasteiger partial charge >= 0.3 is 5.97 Å². The molecule has 0 radical (unpaired) electrons. The molecule has 1 aromatic rings. The molecular formula is C24H27N3O4. The Hall–Kier alpha value is -3.27. The number of hydrogen-bond acceptors (Lipinski definition) is 6. The Morgan fingerprint density at radius 2 is 2.06 bits per heavy atom. The molecule has 0 aliphatic carbocycles. The lowest BCUT2D eigenvalue weighted by Crippen LogP contribution is -2.55. The highest BCUT2D eigenvalue weighted by Crippen LogP contribution is 2.60. The number of nitrogens with two attached hydrogens (primary N) is 1. The number of hydrogen-bond donors (Lipinski definition) is 1. The van der Waals surface area contributed by atoms with Gasteiger partial charge in [-0.3, -0.25) is 4.79 Å². The number of esters is 1. The molecule has 1 aromatic carbocycles. The molecule has 31 heavy (non-hydrogen) atoms. The second kappa shape index (κ2) is 6.61. The van der Waals surface area contributed by atoms with Crippen LogP contribution >= 0.6 is 0 Å². The van der Waals surface area contributed by atoms with E-state index in [4.69, 9.17) is 15.2 Å². The minimum Gasteiger partial charge on any atom is -0.462 e. The van der Waals surface area contributed by atoms with E-state index in [2.05, 4.69) is 13.0 Å². The molecule has 0 saturated carbocycles. The third-order valence-corrected chi connectivity index (χ3v) is 6.68. The van der Waals surface area contributed by atoms with Gasteiger partial charge in [-0.15, -0.1) is 0 Å². The molecule has 1 spiro atoms. The van der Waals surface area contributed by atoms with E-state index in [1.54, 1.807) is 18.7 Å². The summed E-state index contributed by atoms with van der Waals surface area (Å²) in [4.78, 5) is 29.4. The molecule has 3 heterocycles. The van der Waals surface area contributed by atoms with E-state index in [0.29, 0.717) is 5.56 Å². The number of ether oxygens (including phenoxy) is 2. The van der Waals surface area contributed by atoms with Crippen LogP contribution in [0.3, 0.4) is 0 Å². The largest absolute Gasteiger partial charge is 0.462 e. The average molecular weight is 421 g/mol. The van der Waals surface area contributed by atoms with Crippen LogP contribution in [0.5, 0.6) is 0 Å². The number of allylic oxidation sites excluding steroid dienone is 1. The molecule has 0 bridgehead atoms. The Kier molecular flexibility index (Phi) is 4.48. The maximum atomic E-state index is 14.4. The molecule has 3 aliphatic heterocycles. The Morgan fingerprint density at radius 3 is 2.68 bits per heavy atom. The van der Waals surface area contributed by atoms with Gasteiger partial charge < -0.3 is 20.1 Å². The van der Waals surface area contributed by atoms with E-state index in [1.807, 2.05) is 32.9 Å². The minimum absolute atomic E-state index is 0.0273. The smallest absolute Gasteiger partial charge is 0.339 e. The second-order valence-electron chi connectivity index (χ2n) is 9.11. The lowest BCUT2D eigenvalue weighted by Gasteiger charge is -2.44. The maximum Gasteiger partial charge on any atom is 0.339 e. The monoisotopic (exact) mass is 421 g/mol. The van der Waals surface area contributed by atoms with Gasteiger partial charge in [-0.1, -0.05) is 19.1 Å². The van der Waals surface area contributed by atoms with Gasteiger partial charge in [-0.2, -0.15) is 5.26 Å². The van der Waals surface area contributed by atoms with Gasteiger partial charge in [0.05, 0.1) is 12.3 Å². The number of carbonyl (C=O) groups excluding carboxylic acids is 2. The summed E-state index contributed by atoms with van der Waals surface area (Å²) in [7, 11) is 0. The molecule has 0 unspecified atom stereocenters. The molecule has 3 aliphatic rings. The zero-order chi connectivity index (χ0) is 22.9. The van der Waals surface area contributed by atoms with Gasteiger partial charge in [0.15, 0.2) is 5.41 Å². The Bertz CT molecular complexity index is 1140. The van der Waals surface area contributed by atoms with Gasteiger partial charge in [0.1, 0.15) is 23.0 Å². The number of carbonyl (C=O) groups is 2. The van der Waals surface area contributed by atoms with Crippen LogP contribution in [0, 0.1) is 18.3 Å². The van der Waals surface area contributed by atoms with Gasteiger partial charge in [-0.05, 0) is 58.1 Å². The van der Waals surface area contributed by atoms with Crippen molar-refractivity contribution in [1.29, 1.82) is 5.26 Å². The molecule has 1 amide bonds. The van der Waals surface area contributed by atoms with Crippen LogP contribution < -0.4 is 10.6 Å². The van der Waals surface area contributed by atoms with Gasteiger partial charge in [0.25, 0.3) is 0 Å². The first-order valence-corrected chi connectivity index (χ1v) is 10.5. The summed E-state index contributed by atoms with van der Waals surface area (Å²) in [5.74, 6) is -0.835. The topological polar surface area (TPSA) is 106 Å². The summed E-state index contributed by atoms with van der Waals surface area (Å²) in [6, 6.07) is 6.07. The summed E-state index contributed by atoms with van der Waals surface area (Å²) < 4.78 is 10.9. The number of benzene rings is 1. The number of nitriles is 1. The van der Waals surface area contributed by atoms with Gasteiger partial charge in [0, 0.05) is 11.1 Å². The molecule has 0 aromatic heterocycles. The Morgan fingerprint density at radius 1 is 1.39 bits per heavy atom. The summed E-state index contributed by atoms with van der Waals surface area (Å²) in [5.41, 5.74) is 7.12. The first-order chi connectivity index (χ1) is 14.5. The van der Waals surface area contributed by atoms with E-state index < -0.39 is 16.9 Å². The highest BCUT2D eigenvalue weighted by molar-refractivity contribution is 6.20. The number of anilines is 1. The van der Waals surface area contributed by atoms with Gasteiger partial charge in [-0.25, -0.2) is 4.79 Å². The molecule has 4 rings (SSSR count). The predicted octanol–water partition coefficient (Wildman–Crippen LogP) is 3.43. The molecule has 0 saturated heterocycles. The molecule has 162 valence electrons. The molecule has 7 nitrogen and oxygen atoms in total. The van der Waals surface area contributed by atoms with E-state index in [1.165, 1.54) is 0 Å². The SMILES string of the molecule is CCOC(=O)C1=C(C)OC(N)=C(C#N)[C@@]12C(=O)N1c3c(ccc(C)c32)[C@H](C)CC1(C)C. The van der Waals surface area contributed by atoms with Crippen LogP contribution in [-0.4, -0.2) is 24.0 Å². The van der Waals surface area contributed by atoms with Crippen molar-refractivity contribution in [3.05, 3.63) is 51.6 Å². The van der Waals surface area contributed by atoms with Crippen LogP contribution in [-0.2, 0) is 24.5 Å². The first-order valence-electron chi connectivity index (χ1n) is 10.5. The van der Waals surface area contributed by atoms with Crippen LogP contribution in [0.4, 0.5) is 5.69 Å². The van der Waals surface area contributed by atoms with Gasteiger partial charge in [0.2, 0.25) is 11.8 Å². The summed E-state index contributed by atoms with van der Waals surface area (Å²) in [6.07, 6.45) is 0.749. The zero-order valence-electron chi connectivity index (χ0n) is 18.8. The maximum absolute atomic E-state index is 14.4. The Balaban J connectivity index is 2.20. The first kappa shape index (κ1) is 21.0. The van der Waals surface area contributed by atoms with Crippen LogP contribution in [0.25, 0.3) is 0 Å². The van der Waals surface area contributed by atoms with Crippen molar-refractivity contribution in [2.24, 2.45) is 5.73 Å². The standard InChI is InChI=1S/C24H27N3O4/c1-7-30-21(28)18-14(4)31-20(26)16(11-25)24(18)17-12(2)8-9-15-13(3)10-23(5,6)27(19(15)17)22(24)29/h8-9,13H,7,10,26H2,1-6H3/t13-,24+/m1/s1. The quantitative estimate of drug-likeness (QED) is 0.734. The third kappa shape index (κ3) is 2.45. The van der Waals surface area contributed by atoms with Crippen LogP contribution in [0.15, 0.2) is 34.9 Å². The second-order valence-corrected chi connectivity index (χ2v) is 9.11. The third-order valence-electron chi connectivity index (χ3n) is 6.68. The summed E-state index contributed by atoms with van der Waals surface area (Å²) in [5, 5.41) is 10.1. The van der Waals surface area contributed by atoms with Crippen LogP contribution in [0.2, 0.25) is 0 Å². The number of nitrogens with zero attached hydrogens (tertiary/aromatic N) is 2. The van der Waals surface area contributed by atoms with Crippen molar-refractivity contribution >= 4 is 17.6 Å². The number of aryl methyl sites for hydroxylation is 1. The Labute approximate surface area is 182 Å². The van der Waals surface area contributed by atoms with Crippen molar-refractivity contribution < 1.29 is 19.1 Å². The number of amides is 1. The predicted molar refractivity (Wildman–Crippen MR) is 115 cm³/mol. The van der Waals surface area contributed by atoms with Crippen molar-refractivity contribution in [2.75, 3.05) is 11.5 Å².